The van der Waals surface area contributed by atoms with Crippen LogP contribution in [-0.2, 0) is 14.3 Å². The minimum atomic E-state index is -0.589. The van der Waals surface area contributed by atoms with Crippen LogP contribution < -0.4 is 10.2 Å². The lowest BCUT2D eigenvalue weighted by Crippen LogP contribution is -2.37. The van der Waals surface area contributed by atoms with Gasteiger partial charge >= 0.3 is 5.97 Å². The maximum atomic E-state index is 14.5. The summed E-state index contributed by atoms with van der Waals surface area (Å²) in [7, 11) is 0. The lowest BCUT2D eigenvalue weighted by Gasteiger charge is -2.29. The molecule has 0 bridgehead atoms. The number of esters is 1. The monoisotopic (exact) mass is 459 g/mol. The molecule has 0 atom stereocenters. The van der Waals surface area contributed by atoms with Gasteiger partial charge in [0.15, 0.2) is 5.69 Å². The Labute approximate surface area is 189 Å². The standard InChI is InChI=1S/C23H23ClFN3O4/c1-15(29)26-9-12-32-23(30)22-21(27-10-13-31-14-11-27)19-18(8-7-17(25)20(19)24)28(22)16-5-3-2-4-6-16/h2-8H,9-14H2,1H3,(H,26,29). The van der Waals surface area contributed by atoms with E-state index in [1.54, 1.807) is 10.6 Å². The molecule has 0 aliphatic carbocycles. The number of hydrogen-bond acceptors (Lipinski definition) is 5. The molecule has 3 aromatic rings. The summed E-state index contributed by atoms with van der Waals surface area (Å²) in [6.07, 6.45) is 0. The summed E-state index contributed by atoms with van der Waals surface area (Å²) in [5.74, 6) is -1.37. The number of fused-ring (bicyclic) bond motifs is 1. The predicted octanol–water partition coefficient (Wildman–Crippen LogP) is 3.55. The number of carbonyl (C=O) groups is 2. The number of benzene rings is 2. The van der Waals surface area contributed by atoms with Gasteiger partial charge in [0.25, 0.3) is 0 Å². The Morgan fingerprint density at radius 3 is 2.56 bits per heavy atom. The van der Waals surface area contributed by atoms with Crippen molar-refractivity contribution >= 4 is 40.1 Å². The summed E-state index contributed by atoms with van der Waals surface area (Å²) in [4.78, 5) is 26.5. The van der Waals surface area contributed by atoms with Crippen molar-refractivity contribution in [3.05, 3.63) is 59.0 Å². The van der Waals surface area contributed by atoms with E-state index in [4.69, 9.17) is 21.1 Å². The molecule has 1 aliphatic heterocycles. The topological polar surface area (TPSA) is 72.8 Å². The molecule has 2 aromatic carbocycles. The highest BCUT2D eigenvalue weighted by Gasteiger charge is 2.31. The first-order valence-electron chi connectivity index (χ1n) is 10.3. The van der Waals surface area contributed by atoms with Crippen LogP contribution in [-0.4, -0.2) is 55.9 Å². The number of rotatable bonds is 6. The van der Waals surface area contributed by atoms with Gasteiger partial charge < -0.3 is 24.3 Å². The number of aromatic nitrogens is 1. The summed E-state index contributed by atoms with van der Waals surface area (Å²) < 4.78 is 27.2. The third kappa shape index (κ3) is 4.28. The molecule has 1 aromatic heterocycles. The molecule has 1 saturated heterocycles. The largest absolute Gasteiger partial charge is 0.459 e. The highest BCUT2D eigenvalue weighted by Crippen LogP contribution is 2.42. The average Bonchev–Trinajstić information content (AvgIpc) is 3.16. The van der Waals surface area contributed by atoms with Crippen molar-refractivity contribution in [2.45, 2.75) is 6.92 Å². The van der Waals surface area contributed by atoms with Crippen LogP contribution in [0.2, 0.25) is 5.02 Å². The molecule has 0 unspecified atom stereocenters. The SMILES string of the molecule is CC(=O)NCCOC(=O)c1c(N2CCOCC2)c2c(Cl)c(F)ccc2n1-c1ccccc1. The van der Waals surface area contributed by atoms with Gasteiger partial charge in [-0.05, 0) is 24.3 Å². The second kappa shape index (κ2) is 9.58. The molecule has 0 spiro atoms. The Balaban J connectivity index is 1.91. The summed E-state index contributed by atoms with van der Waals surface area (Å²) in [5, 5.41) is 3.00. The zero-order chi connectivity index (χ0) is 22.7. The molecular weight excluding hydrogens is 437 g/mol. The fourth-order valence-corrected chi connectivity index (χ4v) is 4.11. The van der Waals surface area contributed by atoms with Crippen LogP contribution in [0.3, 0.4) is 0 Å². The van der Waals surface area contributed by atoms with Crippen molar-refractivity contribution in [2.24, 2.45) is 0 Å². The summed E-state index contributed by atoms with van der Waals surface area (Å²) in [5.41, 5.74) is 2.08. The Kier molecular flexibility index (Phi) is 6.62. The zero-order valence-electron chi connectivity index (χ0n) is 17.6. The molecule has 1 amide bonds. The first kappa shape index (κ1) is 22.1. The first-order valence-corrected chi connectivity index (χ1v) is 10.7. The van der Waals surface area contributed by atoms with Gasteiger partial charge in [0.05, 0.1) is 36.0 Å². The quantitative estimate of drug-likeness (QED) is 0.451. The summed E-state index contributed by atoms with van der Waals surface area (Å²) in [6.45, 7) is 3.57. The second-order valence-corrected chi connectivity index (χ2v) is 7.72. The highest BCUT2D eigenvalue weighted by atomic mass is 35.5. The molecule has 7 nitrogen and oxygen atoms in total. The normalized spacial score (nSPS) is 13.9. The molecule has 9 heteroatoms. The summed E-state index contributed by atoms with van der Waals surface area (Å²) in [6, 6.07) is 12.2. The van der Waals surface area contributed by atoms with E-state index >= 15 is 0 Å². The lowest BCUT2D eigenvalue weighted by molar-refractivity contribution is -0.119. The fourth-order valence-electron chi connectivity index (χ4n) is 3.86. The van der Waals surface area contributed by atoms with E-state index in [1.165, 1.54) is 13.0 Å². The van der Waals surface area contributed by atoms with Crippen LogP contribution in [0, 0.1) is 5.82 Å². The van der Waals surface area contributed by atoms with Crippen molar-refractivity contribution in [2.75, 3.05) is 44.4 Å². The maximum absolute atomic E-state index is 14.5. The van der Waals surface area contributed by atoms with Crippen LogP contribution in [0.4, 0.5) is 10.1 Å². The lowest BCUT2D eigenvalue weighted by atomic mass is 10.2. The fraction of sp³-hybridized carbons (Fsp3) is 0.304. The Morgan fingerprint density at radius 2 is 1.88 bits per heavy atom. The third-order valence-corrected chi connectivity index (χ3v) is 5.61. The van der Waals surface area contributed by atoms with E-state index < -0.39 is 11.8 Å². The second-order valence-electron chi connectivity index (χ2n) is 7.34. The number of morpholine rings is 1. The molecule has 1 fully saturated rings. The van der Waals surface area contributed by atoms with Crippen LogP contribution in [0.25, 0.3) is 16.6 Å². The van der Waals surface area contributed by atoms with E-state index in [-0.39, 0.29) is 29.8 Å². The first-order chi connectivity index (χ1) is 15.5. The smallest absolute Gasteiger partial charge is 0.357 e. The van der Waals surface area contributed by atoms with Gasteiger partial charge in [0.1, 0.15) is 12.4 Å². The molecular formula is C23H23ClFN3O4. The molecule has 1 N–H and O–H groups in total. The summed E-state index contributed by atoms with van der Waals surface area (Å²) >= 11 is 6.44. The van der Waals surface area contributed by atoms with Crippen LogP contribution in [0.5, 0.6) is 0 Å². The van der Waals surface area contributed by atoms with Crippen LogP contribution >= 0.6 is 11.6 Å². The van der Waals surface area contributed by atoms with E-state index in [2.05, 4.69) is 5.32 Å². The van der Waals surface area contributed by atoms with Gasteiger partial charge in [-0.2, -0.15) is 0 Å². The van der Waals surface area contributed by atoms with Gasteiger partial charge in [-0.3, -0.25) is 4.79 Å². The average molecular weight is 460 g/mol. The molecule has 1 aliphatic rings. The van der Waals surface area contributed by atoms with Crippen molar-refractivity contribution < 1.29 is 23.5 Å². The minimum absolute atomic E-state index is 0.000622. The maximum Gasteiger partial charge on any atom is 0.357 e. The Bertz CT molecular complexity index is 1140. The zero-order valence-corrected chi connectivity index (χ0v) is 18.3. The van der Waals surface area contributed by atoms with Crippen molar-refractivity contribution in [1.29, 1.82) is 0 Å². The van der Waals surface area contributed by atoms with Gasteiger partial charge in [0, 0.05) is 31.1 Å². The van der Waals surface area contributed by atoms with E-state index in [0.717, 1.165) is 0 Å². The minimum Gasteiger partial charge on any atom is -0.459 e. The Morgan fingerprint density at radius 1 is 1.16 bits per heavy atom. The molecule has 4 rings (SSSR count). The number of amides is 1. The molecule has 0 radical (unpaired) electrons. The number of ether oxygens (including phenoxy) is 2. The van der Waals surface area contributed by atoms with Crippen LogP contribution in [0.1, 0.15) is 17.4 Å². The third-order valence-electron chi connectivity index (χ3n) is 5.24. The molecule has 2 heterocycles. The van der Waals surface area contributed by atoms with Crippen molar-refractivity contribution in [3.8, 4) is 5.69 Å². The molecule has 168 valence electrons. The number of halogens is 2. The van der Waals surface area contributed by atoms with Gasteiger partial charge in [-0.25, -0.2) is 9.18 Å². The molecule has 0 saturated carbocycles. The number of anilines is 1. The predicted molar refractivity (Wildman–Crippen MR) is 120 cm³/mol. The highest BCUT2D eigenvalue weighted by molar-refractivity contribution is 6.37. The number of nitrogens with zero attached hydrogens (tertiary/aromatic N) is 2. The van der Waals surface area contributed by atoms with Crippen molar-refractivity contribution in [1.82, 2.24) is 9.88 Å². The number of nitrogens with one attached hydrogen (secondary N) is 1. The van der Waals surface area contributed by atoms with E-state index in [0.29, 0.717) is 48.6 Å². The van der Waals surface area contributed by atoms with Gasteiger partial charge in [-0.15, -0.1) is 0 Å². The number of para-hydroxylation sites is 1. The number of hydrogen-bond donors (Lipinski definition) is 1. The van der Waals surface area contributed by atoms with Gasteiger partial charge in [-0.1, -0.05) is 29.8 Å². The van der Waals surface area contributed by atoms with Gasteiger partial charge in [0.2, 0.25) is 5.91 Å². The van der Waals surface area contributed by atoms with E-state index in [9.17, 15) is 14.0 Å². The van der Waals surface area contributed by atoms with Crippen LogP contribution in [0.15, 0.2) is 42.5 Å². The van der Waals surface area contributed by atoms with Crippen molar-refractivity contribution in [3.63, 3.8) is 0 Å². The Hall–Kier alpha value is -3.10. The van der Waals surface area contributed by atoms with E-state index in [1.807, 2.05) is 35.2 Å². The number of carbonyl (C=O) groups excluding carboxylic acids is 2. The molecule has 32 heavy (non-hydrogen) atoms.